The van der Waals surface area contributed by atoms with Gasteiger partial charge in [-0.05, 0) is 65.5 Å². The van der Waals surface area contributed by atoms with Crippen molar-refractivity contribution in [2.75, 3.05) is 18.6 Å². The van der Waals surface area contributed by atoms with Crippen molar-refractivity contribution >= 4 is 35.6 Å². The minimum Gasteiger partial charge on any atom is -0.459 e. The molecule has 3 amide bonds. The van der Waals surface area contributed by atoms with Crippen LogP contribution in [0.5, 0.6) is 0 Å². The number of hydrogen-bond acceptors (Lipinski definition) is 7. The molecule has 0 bridgehead atoms. The number of nitrogens with one attached hydrogen (secondary N) is 3. The Balaban J connectivity index is 2.96. The first kappa shape index (κ1) is 30.3. The molecule has 10 heteroatoms. The number of hydrogen-bond donors (Lipinski definition) is 3. The third-order valence-electron chi connectivity index (χ3n) is 4.36. The van der Waals surface area contributed by atoms with E-state index < -0.39 is 47.2 Å². The van der Waals surface area contributed by atoms with Gasteiger partial charge < -0.3 is 25.4 Å². The number of ether oxygens (including phenoxy) is 2. The molecule has 1 aromatic rings. The Hall–Kier alpha value is -2.75. The van der Waals surface area contributed by atoms with Gasteiger partial charge in [0.05, 0.1) is 0 Å². The SMILES string of the molecule is CSCC[C@@H](NC(=O)OC(C)(C)C)C(=O)N[C@H](Cc1ccccc1)C(=O)NCC(=O)OC(C)(C)C. The van der Waals surface area contributed by atoms with E-state index in [4.69, 9.17) is 9.47 Å². The summed E-state index contributed by atoms with van der Waals surface area (Å²) in [5.41, 5.74) is -0.578. The number of amides is 3. The van der Waals surface area contributed by atoms with E-state index in [2.05, 4.69) is 16.0 Å². The summed E-state index contributed by atoms with van der Waals surface area (Å²) in [6, 6.07) is 7.33. The lowest BCUT2D eigenvalue weighted by atomic mass is 10.0. The highest BCUT2D eigenvalue weighted by atomic mass is 32.2. The van der Waals surface area contributed by atoms with E-state index in [1.165, 1.54) is 11.8 Å². The van der Waals surface area contributed by atoms with Crippen molar-refractivity contribution in [1.82, 2.24) is 16.0 Å². The summed E-state index contributed by atoms with van der Waals surface area (Å²) in [7, 11) is 0. The molecule has 0 radical (unpaired) electrons. The molecule has 0 fully saturated rings. The summed E-state index contributed by atoms with van der Waals surface area (Å²) in [6.07, 6.45) is 1.73. The van der Waals surface area contributed by atoms with Crippen molar-refractivity contribution in [3.63, 3.8) is 0 Å². The number of alkyl carbamates (subject to hydrolysis) is 1. The smallest absolute Gasteiger partial charge is 0.408 e. The van der Waals surface area contributed by atoms with E-state index in [1.54, 1.807) is 41.5 Å². The maximum absolute atomic E-state index is 13.1. The zero-order valence-corrected chi connectivity index (χ0v) is 22.5. The maximum Gasteiger partial charge on any atom is 0.408 e. The third kappa shape index (κ3) is 13.7. The number of benzene rings is 1. The lowest BCUT2D eigenvalue weighted by molar-refractivity contribution is -0.154. The molecular weight excluding hydrogens is 470 g/mol. The zero-order chi connectivity index (χ0) is 26.6. The number of carbonyl (C=O) groups is 4. The van der Waals surface area contributed by atoms with E-state index >= 15 is 0 Å². The second kappa shape index (κ2) is 14.0. The molecule has 35 heavy (non-hydrogen) atoms. The molecule has 1 aromatic carbocycles. The van der Waals surface area contributed by atoms with Crippen LogP contribution in [-0.2, 0) is 30.3 Å². The van der Waals surface area contributed by atoms with Gasteiger partial charge in [-0.15, -0.1) is 0 Å². The van der Waals surface area contributed by atoms with Crippen LogP contribution >= 0.6 is 11.8 Å². The quantitative estimate of drug-likeness (QED) is 0.392. The van der Waals surface area contributed by atoms with Crippen LogP contribution in [0.1, 0.15) is 53.5 Å². The normalized spacial score (nSPS) is 13.2. The number of thioether (sulfide) groups is 1. The summed E-state index contributed by atoms with van der Waals surface area (Å²) in [5.74, 6) is -1.02. The van der Waals surface area contributed by atoms with Crippen molar-refractivity contribution in [3.8, 4) is 0 Å². The summed E-state index contributed by atoms with van der Waals surface area (Å²) >= 11 is 1.53. The minimum atomic E-state index is -0.968. The first-order valence-electron chi connectivity index (χ1n) is 11.5. The van der Waals surface area contributed by atoms with Crippen LogP contribution in [0.2, 0.25) is 0 Å². The van der Waals surface area contributed by atoms with Crippen molar-refractivity contribution in [2.45, 2.75) is 77.7 Å². The molecular formula is C25H39N3O6S. The predicted octanol–water partition coefficient (Wildman–Crippen LogP) is 2.82. The maximum atomic E-state index is 13.1. The Morgan fingerprint density at radius 1 is 0.857 bits per heavy atom. The fourth-order valence-electron chi connectivity index (χ4n) is 2.95. The highest BCUT2D eigenvalue weighted by Crippen LogP contribution is 2.10. The van der Waals surface area contributed by atoms with E-state index in [-0.39, 0.29) is 13.0 Å². The van der Waals surface area contributed by atoms with Gasteiger partial charge in [0.2, 0.25) is 11.8 Å². The van der Waals surface area contributed by atoms with Gasteiger partial charge in [0.1, 0.15) is 29.8 Å². The van der Waals surface area contributed by atoms with Gasteiger partial charge in [0, 0.05) is 6.42 Å². The van der Waals surface area contributed by atoms with Gasteiger partial charge in [-0.2, -0.15) is 11.8 Å². The summed E-state index contributed by atoms with van der Waals surface area (Å²) in [5, 5.41) is 7.87. The summed E-state index contributed by atoms with van der Waals surface area (Å²) in [4.78, 5) is 50.4. The molecule has 0 unspecified atom stereocenters. The molecule has 3 N–H and O–H groups in total. The molecule has 0 heterocycles. The van der Waals surface area contributed by atoms with Gasteiger partial charge in [-0.1, -0.05) is 30.3 Å². The van der Waals surface area contributed by atoms with Gasteiger partial charge in [-0.3, -0.25) is 14.4 Å². The van der Waals surface area contributed by atoms with Gasteiger partial charge >= 0.3 is 12.1 Å². The zero-order valence-electron chi connectivity index (χ0n) is 21.7. The molecule has 0 spiro atoms. The van der Waals surface area contributed by atoms with E-state index in [1.807, 2.05) is 36.6 Å². The Labute approximate surface area is 212 Å². The Bertz CT molecular complexity index is 849. The fraction of sp³-hybridized carbons (Fsp3) is 0.600. The van der Waals surface area contributed by atoms with E-state index in [0.717, 1.165) is 5.56 Å². The molecule has 0 aliphatic heterocycles. The summed E-state index contributed by atoms with van der Waals surface area (Å²) < 4.78 is 10.5. The highest BCUT2D eigenvalue weighted by Gasteiger charge is 2.29. The van der Waals surface area contributed by atoms with Crippen LogP contribution in [0.3, 0.4) is 0 Å². The fourth-order valence-corrected chi connectivity index (χ4v) is 3.42. The number of rotatable bonds is 11. The van der Waals surface area contributed by atoms with E-state index in [9.17, 15) is 19.2 Å². The van der Waals surface area contributed by atoms with Crippen molar-refractivity contribution < 1.29 is 28.7 Å². The van der Waals surface area contributed by atoms with Crippen LogP contribution in [0.25, 0.3) is 0 Å². The molecule has 0 aromatic heterocycles. The summed E-state index contributed by atoms with van der Waals surface area (Å²) in [6.45, 7) is 10.1. The van der Waals surface area contributed by atoms with Gasteiger partial charge in [-0.25, -0.2) is 4.79 Å². The van der Waals surface area contributed by atoms with E-state index in [0.29, 0.717) is 12.2 Å². The lowest BCUT2D eigenvalue weighted by Crippen LogP contribution is -2.55. The van der Waals surface area contributed by atoms with Crippen molar-refractivity contribution in [1.29, 1.82) is 0 Å². The molecule has 196 valence electrons. The Morgan fingerprint density at radius 3 is 2.00 bits per heavy atom. The first-order chi connectivity index (χ1) is 16.2. The lowest BCUT2D eigenvalue weighted by Gasteiger charge is -2.25. The number of esters is 1. The van der Waals surface area contributed by atoms with Crippen molar-refractivity contribution in [2.24, 2.45) is 0 Å². The van der Waals surface area contributed by atoms with Gasteiger partial charge in [0.15, 0.2) is 0 Å². The second-order valence-electron chi connectivity index (χ2n) is 10.0. The van der Waals surface area contributed by atoms with Crippen molar-refractivity contribution in [3.05, 3.63) is 35.9 Å². The number of carbonyl (C=O) groups excluding carboxylic acids is 4. The van der Waals surface area contributed by atoms with Gasteiger partial charge in [0.25, 0.3) is 0 Å². The van der Waals surface area contributed by atoms with Crippen LogP contribution in [0.4, 0.5) is 4.79 Å². The molecule has 0 aliphatic carbocycles. The monoisotopic (exact) mass is 509 g/mol. The third-order valence-corrected chi connectivity index (χ3v) is 5.00. The van der Waals surface area contributed by atoms with Crippen LogP contribution in [-0.4, -0.2) is 65.7 Å². The Kier molecular flexibility index (Phi) is 12.1. The van der Waals surface area contributed by atoms with Crippen LogP contribution < -0.4 is 16.0 Å². The second-order valence-corrected chi connectivity index (χ2v) is 11.0. The minimum absolute atomic E-state index is 0.203. The van der Waals surface area contributed by atoms with Crippen LogP contribution in [0.15, 0.2) is 30.3 Å². The molecule has 9 nitrogen and oxygen atoms in total. The average Bonchev–Trinajstić information content (AvgIpc) is 2.72. The standard InChI is InChI=1S/C25H39N3O6S/c1-24(2,3)33-20(29)16-26-21(30)19(15-17-11-9-8-10-12-17)27-22(31)18(13-14-35-7)28-23(32)34-25(4,5)6/h8-12,18-19H,13-16H2,1-7H3,(H,26,30)(H,27,31)(H,28,32)/t18-,19-/m1/s1. The topological polar surface area (TPSA) is 123 Å². The first-order valence-corrected chi connectivity index (χ1v) is 12.9. The Morgan fingerprint density at radius 2 is 1.46 bits per heavy atom. The average molecular weight is 510 g/mol. The molecule has 0 aliphatic rings. The van der Waals surface area contributed by atoms with Crippen LogP contribution in [0, 0.1) is 0 Å². The molecule has 0 saturated carbocycles. The molecule has 2 atom stereocenters. The largest absolute Gasteiger partial charge is 0.459 e. The molecule has 1 rings (SSSR count). The predicted molar refractivity (Wildman–Crippen MR) is 137 cm³/mol. The highest BCUT2D eigenvalue weighted by molar-refractivity contribution is 7.98. The molecule has 0 saturated heterocycles.